The third-order valence-electron chi connectivity index (χ3n) is 3.95. The summed E-state index contributed by atoms with van der Waals surface area (Å²) < 4.78 is 36.3. The van der Waals surface area contributed by atoms with E-state index in [0.717, 1.165) is 30.5 Å². The van der Waals surface area contributed by atoms with Gasteiger partial charge in [0.2, 0.25) is 0 Å². The summed E-state index contributed by atoms with van der Waals surface area (Å²) in [4.78, 5) is 0. The van der Waals surface area contributed by atoms with Gasteiger partial charge in [-0.2, -0.15) is 0 Å². The topological polar surface area (TPSA) is 46.2 Å². The fourth-order valence-corrected chi connectivity index (χ4v) is 4.87. The standard InChI is InChI=1S/C15H22FNO2S/c1-3-17-15(9-12-6-7-20(18,19)10-12)14-5-4-13(16)8-11(14)2/h4-5,8,12,15,17H,3,6-7,9-10H2,1-2H3. The van der Waals surface area contributed by atoms with Crippen molar-refractivity contribution in [3.05, 3.63) is 35.1 Å². The van der Waals surface area contributed by atoms with Crippen molar-refractivity contribution >= 4 is 9.84 Å². The second kappa shape index (κ2) is 6.22. The first-order chi connectivity index (χ1) is 9.41. The van der Waals surface area contributed by atoms with Gasteiger partial charge >= 0.3 is 0 Å². The highest BCUT2D eigenvalue weighted by atomic mass is 32.2. The zero-order valence-electron chi connectivity index (χ0n) is 12.0. The van der Waals surface area contributed by atoms with E-state index >= 15 is 0 Å². The first kappa shape index (κ1) is 15.4. The molecule has 1 aliphatic rings. The molecule has 0 saturated carbocycles. The fraction of sp³-hybridized carbons (Fsp3) is 0.600. The van der Waals surface area contributed by atoms with E-state index in [1.807, 2.05) is 13.8 Å². The van der Waals surface area contributed by atoms with Crippen molar-refractivity contribution in [2.45, 2.75) is 32.7 Å². The van der Waals surface area contributed by atoms with Gasteiger partial charge in [0.15, 0.2) is 9.84 Å². The van der Waals surface area contributed by atoms with Crippen molar-refractivity contribution in [2.75, 3.05) is 18.1 Å². The second-order valence-electron chi connectivity index (χ2n) is 5.62. The van der Waals surface area contributed by atoms with Gasteiger partial charge in [-0.1, -0.05) is 13.0 Å². The van der Waals surface area contributed by atoms with Crippen molar-refractivity contribution in [1.82, 2.24) is 5.32 Å². The molecule has 1 N–H and O–H groups in total. The lowest BCUT2D eigenvalue weighted by Gasteiger charge is -2.23. The van der Waals surface area contributed by atoms with Crippen molar-refractivity contribution in [2.24, 2.45) is 5.92 Å². The lowest BCUT2D eigenvalue weighted by atomic mass is 9.92. The van der Waals surface area contributed by atoms with Crippen molar-refractivity contribution in [3.8, 4) is 0 Å². The molecule has 112 valence electrons. The van der Waals surface area contributed by atoms with Gasteiger partial charge in [-0.15, -0.1) is 0 Å². The van der Waals surface area contributed by atoms with Crippen molar-refractivity contribution in [3.63, 3.8) is 0 Å². The molecule has 20 heavy (non-hydrogen) atoms. The third-order valence-corrected chi connectivity index (χ3v) is 5.79. The Morgan fingerprint density at radius 2 is 2.20 bits per heavy atom. The zero-order valence-corrected chi connectivity index (χ0v) is 12.8. The Labute approximate surface area is 120 Å². The maximum Gasteiger partial charge on any atom is 0.150 e. The van der Waals surface area contributed by atoms with E-state index in [4.69, 9.17) is 0 Å². The Hall–Kier alpha value is -0.940. The first-order valence-corrected chi connectivity index (χ1v) is 8.93. The number of benzene rings is 1. The average Bonchev–Trinajstić information content (AvgIpc) is 2.68. The molecular formula is C15H22FNO2S. The highest BCUT2D eigenvalue weighted by Gasteiger charge is 2.30. The van der Waals surface area contributed by atoms with Crippen LogP contribution in [-0.4, -0.2) is 26.5 Å². The van der Waals surface area contributed by atoms with Crippen LogP contribution in [0.25, 0.3) is 0 Å². The minimum absolute atomic E-state index is 0.0962. The Balaban J connectivity index is 2.15. The highest BCUT2D eigenvalue weighted by molar-refractivity contribution is 7.91. The third kappa shape index (κ3) is 3.79. The summed E-state index contributed by atoms with van der Waals surface area (Å²) in [7, 11) is -2.84. The van der Waals surface area contributed by atoms with Crippen LogP contribution in [0, 0.1) is 18.7 Å². The number of halogens is 1. The van der Waals surface area contributed by atoms with Crippen LogP contribution in [0.2, 0.25) is 0 Å². The Morgan fingerprint density at radius 1 is 1.45 bits per heavy atom. The lowest BCUT2D eigenvalue weighted by molar-refractivity contribution is 0.420. The first-order valence-electron chi connectivity index (χ1n) is 7.11. The van der Waals surface area contributed by atoms with Crippen molar-refractivity contribution in [1.29, 1.82) is 0 Å². The number of hydrogen-bond donors (Lipinski definition) is 1. The van der Waals surface area contributed by atoms with Gasteiger partial charge < -0.3 is 5.32 Å². The molecule has 0 aromatic heterocycles. The highest BCUT2D eigenvalue weighted by Crippen LogP contribution is 2.30. The van der Waals surface area contributed by atoms with E-state index in [2.05, 4.69) is 5.32 Å². The smallest absolute Gasteiger partial charge is 0.150 e. The summed E-state index contributed by atoms with van der Waals surface area (Å²) in [6, 6.07) is 4.91. The molecule has 3 nitrogen and oxygen atoms in total. The van der Waals surface area contributed by atoms with Crippen LogP contribution < -0.4 is 5.32 Å². The maximum absolute atomic E-state index is 13.2. The van der Waals surface area contributed by atoms with E-state index in [1.165, 1.54) is 12.1 Å². The van der Waals surface area contributed by atoms with Crippen LogP contribution in [0.1, 0.15) is 36.9 Å². The monoisotopic (exact) mass is 299 g/mol. The van der Waals surface area contributed by atoms with Gasteiger partial charge in [-0.3, -0.25) is 0 Å². The number of aryl methyl sites for hydroxylation is 1. The predicted molar refractivity (Wildman–Crippen MR) is 78.9 cm³/mol. The predicted octanol–water partition coefficient (Wildman–Crippen LogP) is 2.61. The van der Waals surface area contributed by atoms with Gasteiger partial charge in [0.05, 0.1) is 11.5 Å². The Bertz CT molecular complexity index is 571. The number of sulfone groups is 1. The van der Waals surface area contributed by atoms with Gasteiger partial charge in [0.25, 0.3) is 0 Å². The van der Waals surface area contributed by atoms with Crippen molar-refractivity contribution < 1.29 is 12.8 Å². The van der Waals surface area contributed by atoms with E-state index in [1.54, 1.807) is 6.07 Å². The van der Waals surface area contributed by atoms with E-state index in [0.29, 0.717) is 5.75 Å². The minimum Gasteiger partial charge on any atom is -0.310 e. The second-order valence-corrected chi connectivity index (χ2v) is 7.84. The molecule has 1 aromatic carbocycles. The van der Waals surface area contributed by atoms with E-state index in [-0.39, 0.29) is 23.5 Å². The molecule has 5 heteroatoms. The molecule has 2 atom stereocenters. The van der Waals surface area contributed by atoms with Gasteiger partial charge in [-0.25, -0.2) is 12.8 Å². The van der Waals surface area contributed by atoms with Gasteiger partial charge in [-0.05, 0) is 55.5 Å². The zero-order chi connectivity index (χ0) is 14.8. The number of nitrogens with one attached hydrogen (secondary N) is 1. The largest absolute Gasteiger partial charge is 0.310 e. The minimum atomic E-state index is -2.84. The van der Waals surface area contributed by atoms with Crippen LogP contribution in [-0.2, 0) is 9.84 Å². The maximum atomic E-state index is 13.2. The molecule has 2 rings (SSSR count). The molecule has 1 aliphatic heterocycles. The molecule has 1 fully saturated rings. The van der Waals surface area contributed by atoms with Crippen LogP contribution in [0.15, 0.2) is 18.2 Å². The fourth-order valence-electron chi connectivity index (χ4n) is 2.99. The summed E-state index contributed by atoms with van der Waals surface area (Å²) in [5.74, 6) is 0.562. The Morgan fingerprint density at radius 3 is 2.75 bits per heavy atom. The summed E-state index contributed by atoms with van der Waals surface area (Å²) in [6.45, 7) is 4.73. The van der Waals surface area contributed by atoms with Crippen LogP contribution in [0.4, 0.5) is 4.39 Å². The molecule has 0 amide bonds. The molecule has 0 aliphatic carbocycles. The van der Waals surface area contributed by atoms with Crippen LogP contribution >= 0.6 is 0 Å². The SMILES string of the molecule is CCNC(CC1CCS(=O)(=O)C1)c1ccc(F)cc1C. The molecule has 2 unspecified atom stereocenters. The van der Waals surface area contributed by atoms with Gasteiger partial charge in [0.1, 0.15) is 5.82 Å². The molecule has 1 heterocycles. The molecular weight excluding hydrogens is 277 g/mol. The molecule has 1 aromatic rings. The quantitative estimate of drug-likeness (QED) is 0.909. The average molecular weight is 299 g/mol. The number of rotatable bonds is 5. The summed E-state index contributed by atoms with van der Waals surface area (Å²) >= 11 is 0. The van der Waals surface area contributed by atoms with E-state index < -0.39 is 9.84 Å². The molecule has 0 bridgehead atoms. The van der Waals surface area contributed by atoms with Gasteiger partial charge in [0, 0.05) is 6.04 Å². The molecule has 1 saturated heterocycles. The molecule has 0 radical (unpaired) electrons. The summed E-state index contributed by atoms with van der Waals surface area (Å²) in [5, 5.41) is 3.40. The summed E-state index contributed by atoms with van der Waals surface area (Å²) in [5.41, 5.74) is 1.98. The lowest BCUT2D eigenvalue weighted by Crippen LogP contribution is -2.24. The van der Waals surface area contributed by atoms with Crippen LogP contribution in [0.3, 0.4) is 0 Å². The van der Waals surface area contributed by atoms with E-state index in [9.17, 15) is 12.8 Å². The molecule has 0 spiro atoms. The van der Waals surface area contributed by atoms with Crippen LogP contribution in [0.5, 0.6) is 0 Å². The number of hydrogen-bond acceptors (Lipinski definition) is 3. The Kier molecular flexibility index (Phi) is 4.81. The summed E-state index contributed by atoms with van der Waals surface area (Å²) in [6.07, 6.45) is 1.53. The normalized spacial score (nSPS) is 22.9.